The van der Waals surface area contributed by atoms with Gasteiger partial charge < -0.3 is 9.88 Å². The highest BCUT2D eigenvalue weighted by molar-refractivity contribution is 7.89. The Labute approximate surface area is 123 Å². The van der Waals surface area contributed by atoms with Crippen molar-refractivity contribution in [3.8, 4) is 0 Å². The van der Waals surface area contributed by atoms with Crippen molar-refractivity contribution in [1.82, 2.24) is 4.57 Å². The Morgan fingerprint density at radius 3 is 2.33 bits per heavy atom. The average molecular weight is 307 g/mol. The highest BCUT2D eigenvalue weighted by atomic mass is 32.2. The van der Waals surface area contributed by atoms with Crippen molar-refractivity contribution in [2.24, 2.45) is 5.14 Å². The van der Waals surface area contributed by atoms with Crippen molar-refractivity contribution < 1.29 is 13.2 Å². The monoisotopic (exact) mass is 307 g/mol. The minimum atomic E-state index is -3.73. The molecule has 0 radical (unpaired) electrons. The van der Waals surface area contributed by atoms with Gasteiger partial charge >= 0.3 is 0 Å². The van der Waals surface area contributed by atoms with Crippen LogP contribution in [0.3, 0.4) is 0 Å². The molecule has 112 valence electrons. The molecule has 0 atom stereocenters. The number of hydrogen-bond donors (Lipinski definition) is 2. The van der Waals surface area contributed by atoms with Crippen LogP contribution in [0.1, 0.15) is 30.4 Å². The first-order valence-corrected chi connectivity index (χ1v) is 7.95. The predicted octanol–water partition coefficient (Wildman–Crippen LogP) is 1.97. The lowest BCUT2D eigenvalue weighted by Gasteiger charge is -2.13. The number of carbonyl (C=O) groups is 1. The Hall–Kier alpha value is -2.12. The smallest absolute Gasteiger partial charge is 0.272 e. The van der Waals surface area contributed by atoms with Gasteiger partial charge in [0.2, 0.25) is 10.0 Å². The summed E-state index contributed by atoms with van der Waals surface area (Å²) < 4.78 is 24.2. The second kappa shape index (κ2) is 5.71. The number of amides is 1. The molecule has 0 bridgehead atoms. The maximum absolute atomic E-state index is 12.2. The van der Waals surface area contributed by atoms with Gasteiger partial charge in [0.05, 0.1) is 4.90 Å². The lowest BCUT2D eigenvalue weighted by Crippen LogP contribution is -2.18. The third-order valence-electron chi connectivity index (χ3n) is 3.01. The molecule has 1 aromatic carbocycles. The fraction of sp³-hybridized carbons (Fsp3) is 0.214. The van der Waals surface area contributed by atoms with Gasteiger partial charge in [-0.05, 0) is 50.2 Å². The summed E-state index contributed by atoms with van der Waals surface area (Å²) in [6.45, 7) is 3.97. The van der Waals surface area contributed by atoms with Gasteiger partial charge in [-0.3, -0.25) is 4.79 Å². The third-order valence-corrected chi connectivity index (χ3v) is 3.94. The molecule has 0 aliphatic rings. The van der Waals surface area contributed by atoms with Crippen molar-refractivity contribution in [2.75, 3.05) is 5.32 Å². The molecule has 0 saturated carbocycles. The van der Waals surface area contributed by atoms with Gasteiger partial charge in [-0.2, -0.15) is 0 Å². The van der Waals surface area contributed by atoms with Crippen LogP contribution >= 0.6 is 0 Å². The van der Waals surface area contributed by atoms with Gasteiger partial charge in [-0.15, -0.1) is 0 Å². The normalized spacial score (nSPS) is 11.6. The Bertz CT molecular complexity index is 746. The first-order valence-electron chi connectivity index (χ1n) is 6.40. The first kappa shape index (κ1) is 15.3. The second-order valence-corrected chi connectivity index (χ2v) is 6.48. The third kappa shape index (κ3) is 3.50. The highest BCUT2D eigenvalue weighted by Crippen LogP contribution is 2.16. The van der Waals surface area contributed by atoms with E-state index in [1.165, 1.54) is 24.3 Å². The standard InChI is InChI=1S/C14H17N3O3S/c1-10(2)17-9-3-4-13(17)14(18)16-11-5-7-12(8-6-11)21(15,19)20/h3-10H,1-2H3,(H,16,18)(H2,15,19,20). The summed E-state index contributed by atoms with van der Waals surface area (Å²) in [5, 5.41) is 7.74. The van der Waals surface area contributed by atoms with E-state index < -0.39 is 10.0 Å². The van der Waals surface area contributed by atoms with Crippen LogP contribution in [0.15, 0.2) is 47.5 Å². The van der Waals surface area contributed by atoms with Gasteiger partial charge in [0.1, 0.15) is 5.69 Å². The zero-order chi connectivity index (χ0) is 15.6. The molecule has 21 heavy (non-hydrogen) atoms. The lowest BCUT2D eigenvalue weighted by atomic mass is 10.3. The molecule has 3 N–H and O–H groups in total. The zero-order valence-electron chi connectivity index (χ0n) is 11.8. The molecular weight excluding hydrogens is 290 g/mol. The molecule has 0 saturated heterocycles. The molecule has 0 aliphatic heterocycles. The molecule has 0 spiro atoms. The highest BCUT2D eigenvalue weighted by Gasteiger charge is 2.13. The first-order chi connectivity index (χ1) is 9.79. The van der Waals surface area contributed by atoms with Crippen LogP contribution < -0.4 is 10.5 Å². The maximum atomic E-state index is 12.2. The van der Waals surface area contributed by atoms with Gasteiger partial charge in [-0.1, -0.05) is 0 Å². The van der Waals surface area contributed by atoms with Crippen LogP contribution in [-0.2, 0) is 10.0 Å². The molecule has 0 aliphatic carbocycles. The summed E-state index contributed by atoms with van der Waals surface area (Å²) in [4.78, 5) is 12.2. The van der Waals surface area contributed by atoms with Crippen LogP contribution in [0.4, 0.5) is 5.69 Å². The number of nitrogens with zero attached hydrogens (tertiary/aromatic N) is 1. The minimum absolute atomic E-state index is 0.00561. The number of sulfonamides is 1. The van der Waals surface area contributed by atoms with Crippen molar-refractivity contribution >= 4 is 21.6 Å². The molecular formula is C14H17N3O3S. The molecule has 2 aromatic rings. The number of benzene rings is 1. The van der Waals surface area contributed by atoms with E-state index in [9.17, 15) is 13.2 Å². The topological polar surface area (TPSA) is 94.2 Å². The molecule has 0 unspecified atom stereocenters. The van der Waals surface area contributed by atoms with Crippen LogP contribution in [0.2, 0.25) is 0 Å². The predicted molar refractivity (Wildman–Crippen MR) is 80.6 cm³/mol. The number of hydrogen-bond acceptors (Lipinski definition) is 3. The fourth-order valence-electron chi connectivity index (χ4n) is 1.96. The minimum Gasteiger partial charge on any atom is -0.341 e. The number of nitrogens with one attached hydrogen (secondary N) is 1. The zero-order valence-corrected chi connectivity index (χ0v) is 12.6. The molecule has 2 rings (SSSR count). The molecule has 1 amide bonds. The number of primary sulfonamides is 1. The summed E-state index contributed by atoms with van der Waals surface area (Å²) in [6.07, 6.45) is 1.84. The van der Waals surface area contributed by atoms with Crippen LogP contribution in [0.5, 0.6) is 0 Å². The van der Waals surface area contributed by atoms with Gasteiger partial charge in [0.15, 0.2) is 0 Å². The number of aromatic nitrogens is 1. The average Bonchev–Trinajstić information content (AvgIpc) is 2.87. The Kier molecular flexibility index (Phi) is 4.15. The van der Waals surface area contributed by atoms with Crippen molar-refractivity contribution in [1.29, 1.82) is 0 Å². The van der Waals surface area contributed by atoms with E-state index >= 15 is 0 Å². The fourth-order valence-corrected chi connectivity index (χ4v) is 2.48. The van der Waals surface area contributed by atoms with Crippen LogP contribution in [0.25, 0.3) is 0 Å². The summed E-state index contributed by atoms with van der Waals surface area (Å²) in [5.74, 6) is -0.253. The van der Waals surface area contributed by atoms with E-state index in [1.54, 1.807) is 12.1 Å². The van der Waals surface area contributed by atoms with E-state index in [0.29, 0.717) is 11.4 Å². The van der Waals surface area contributed by atoms with E-state index in [4.69, 9.17) is 5.14 Å². The summed E-state index contributed by atoms with van der Waals surface area (Å²) in [7, 11) is -3.73. The van der Waals surface area contributed by atoms with Crippen LogP contribution in [-0.4, -0.2) is 18.9 Å². The molecule has 6 nitrogen and oxygen atoms in total. The van der Waals surface area contributed by atoms with E-state index in [2.05, 4.69) is 5.32 Å². The Morgan fingerprint density at radius 1 is 1.19 bits per heavy atom. The molecule has 0 fully saturated rings. The number of anilines is 1. The van der Waals surface area contributed by atoms with Gasteiger partial charge in [0, 0.05) is 17.9 Å². The summed E-state index contributed by atoms with van der Waals surface area (Å²) in [6, 6.07) is 9.41. The second-order valence-electron chi connectivity index (χ2n) is 4.92. The van der Waals surface area contributed by atoms with E-state index in [0.717, 1.165) is 0 Å². The van der Waals surface area contributed by atoms with E-state index in [-0.39, 0.29) is 16.8 Å². The number of carbonyl (C=O) groups excluding carboxylic acids is 1. The SMILES string of the molecule is CC(C)n1cccc1C(=O)Nc1ccc(S(N)(=O)=O)cc1. The van der Waals surface area contributed by atoms with Crippen molar-refractivity contribution in [3.63, 3.8) is 0 Å². The summed E-state index contributed by atoms with van der Waals surface area (Å²) >= 11 is 0. The Balaban J connectivity index is 2.18. The number of nitrogens with two attached hydrogens (primary N) is 1. The Morgan fingerprint density at radius 2 is 1.81 bits per heavy atom. The van der Waals surface area contributed by atoms with Crippen molar-refractivity contribution in [2.45, 2.75) is 24.8 Å². The lowest BCUT2D eigenvalue weighted by molar-refractivity contribution is 0.101. The summed E-state index contributed by atoms with van der Waals surface area (Å²) in [5.41, 5.74) is 1.05. The molecule has 1 heterocycles. The quantitative estimate of drug-likeness (QED) is 0.904. The molecule has 1 aromatic heterocycles. The number of rotatable bonds is 4. The van der Waals surface area contributed by atoms with Gasteiger partial charge in [-0.25, -0.2) is 13.6 Å². The maximum Gasteiger partial charge on any atom is 0.272 e. The largest absolute Gasteiger partial charge is 0.341 e. The van der Waals surface area contributed by atoms with Crippen molar-refractivity contribution in [3.05, 3.63) is 48.3 Å². The van der Waals surface area contributed by atoms with Gasteiger partial charge in [0.25, 0.3) is 5.91 Å². The van der Waals surface area contributed by atoms with Crippen LogP contribution in [0, 0.1) is 0 Å². The molecule has 7 heteroatoms. The van der Waals surface area contributed by atoms with E-state index in [1.807, 2.05) is 24.6 Å².